The van der Waals surface area contributed by atoms with Gasteiger partial charge in [-0.3, -0.25) is 0 Å². The molecule has 1 saturated heterocycles. The molecule has 0 aromatic carbocycles. The molecule has 13 heavy (non-hydrogen) atoms. The second-order valence-electron chi connectivity index (χ2n) is 2.92. The smallest absolute Gasteiger partial charge is 0.131 e. The number of hydrogen-bond donors (Lipinski definition) is 0. The predicted octanol–water partition coefficient (Wildman–Crippen LogP) is 2.29. The molecule has 2 rings (SSSR count). The van der Waals surface area contributed by atoms with Crippen molar-refractivity contribution in [3.8, 4) is 0 Å². The van der Waals surface area contributed by atoms with Gasteiger partial charge in [0.2, 0.25) is 0 Å². The van der Waals surface area contributed by atoms with E-state index in [0.29, 0.717) is 5.15 Å². The molecule has 0 atom stereocenters. The molecule has 0 saturated carbocycles. The third kappa shape index (κ3) is 2.29. The van der Waals surface area contributed by atoms with E-state index in [-0.39, 0.29) is 0 Å². The van der Waals surface area contributed by atoms with Crippen LogP contribution in [0.5, 0.6) is 0 Å². The van der Waals surface area contributed by atoms with Crippen LogP contribution in [-0.2, 0) is 0 Å². The zero-order valence-corrected chi connectivity index (χ0v) is 8.81. The maximum absolute atomic E-state index is 5.82. The van der Waals surface area contributed by atoms with Crippen LogP contribution in [0, 0.1) is 0 Å². The Labute approximate surface area is 87.3 Å². The number of pyridine rings is 1. The van der Waals surface area contributed by atoms with Gasteiger partial charge in [-0.05, 0) is 12.1 Å². The van der Waals surface area contributed by atoms with Crippen molar-refractivity contribution in [2.75, 3.05) is 29.5 Å². The molecule has 0 amide bonds. The van der Waals surface area contributed by atoms with Gasteiger partial charge < -0.3 is 4.90 Å². The van der Waals surface area contributed by atoms with Crippen LogP contribution in [0.25, 0.3) is 0 Å². The van der Waals surface area contributed by atoms with Crippen LogP contribution in [0.4, 0.5) is 5.82 Å². The molecule has 0 N–H and O–H groups in total. The summed E-state index contributed by atoms with van der Waals surface area (Å²) in [6, 6.07) is 5.78. The summed E-state index contributed by atoms with van der Waals surface area (Å²) in [6.07, 6.45) is 0. The van der Waals surface area contributed by atoms with E-state index in [4.69, 9.17) is 11.6 Å². The molecule has 0 spiro atoms. The van der Waals surface area contributed by atoms with Crippen LogP contribution in [-0.4, -0.2) is 29.6 Å². The molecule has 2 nitrogen and oxygen atoms in total. The Morgan fingerprint density at radius 3 is 2.77 bits per heavy atom. The van der Waals surface area contributed by atoms with E-state index >= 15 is 0 Å². The molecule has 0 aliphatic carbocycles. The van der Waals surface area contributed by atoms with E-state index in [2.05, 4.69) is 9.88 Å². The minimum atomic E-state index is 0.579. The summed E-state index contributed by atoms with van der Waals surface area (Å²) in [5.41, 5.74) is 0. The maximum Gasteiger partial charge on any atom is 0.131 e. The van der Waals surface area contributed by atoms with Gasteiger partial charge in [0, 0.05) is 24.6 Å². The van der Waals surface area contributed by atoms with E-state index < -0.39 is 0 Å². The first-order valence-corrected chi connectivity index (χ1v) is 5.85. The van der Waals surface area contributed by atoms with Crippen molar-refractivity contribution in [2.45, 2.75) is 0 Å². The van der Waals surface area contributed by atoms with E-state index in [1.165, 1.54) is 11.5 Å². The Morgan fingerprint density at radius 2 is 2.08 bits per heavy atom. The lowest BCUT2D eigenvalue weighted by atomic mass is 10.4. The second-order valence-corrected chi connectivity index (χ2v) is 4.53. The number of nitrogens with zero attached hydrogens (tertiary/aromatic N) is 2. The molecule has 70 valence electrons. The van der Waals surface area contributed by atoms with Crippen molar-refractivity contribution in [3.05, 3.63) is 23.4 Å². The Balaban J connectivity index is 2.14. The number of hydrogen-bond acceptors (Lipinski definition) is 3. The molecule has 0 unspecified atom stereocenters. The van der Waals surface area contributed by atoms with Crippen LogP contribution >= 0.6 is 23.4 Å². The van der Waals surface area contributed by atoms with Crippen molar-refractivity contribution in [1.82, 2.24) is 4.98 Å². The molecule has 4 heteroatoms. The third-order valence-corrected chi connectivity index (χ3v) is 3.19. The van der Waals surface area contributed by atoms with Gasteiger partial charge >= 0.3 is 0 Å². The van der Waals surface area contributed by atoms with Crippen LogP contribution in [0.1, 0.15) is 0 Å². The Hall–Kier alpha value is -0.410. The van der Waals surface area contributed by atoms with E-state index in [1.807, 2.05) is 30.0 Å². The monoisotopic (exact) mass is 214 g/mol. The second kappa shape index (κ2) is 4.20. The van der Waals surface area contributed by atoms with Crippen molar-refractivity contribution < 1.29 is 0 Å². The normalized spacial score (nSPS) is 17.5. The van der Waals surface area contributed by atoms with Gasteiger partial charge in [-0.1, -0.05) is 17.7 Å². The van der Waals surface area contributed by atoms with Gasteiger partial charge in [-0.15, -0.1) is 0 Å². The molecule has 0 bridgehead atoms. The minimum absolute atomic E-state index is 0.579. The number of thioether (sulfide) groups is 1. The highest BCUT2D eigenvalue weighted by atomic mass is 35.5. The van der Waals surface area contributed by atoms with Gasteiger partial charge in [-0.25, -0.2) is 4.98 Å². The number of anilines is 1. The summed E-state index contributed by atoms with van der Waals surface area (Å²) in [7, 11) is 0. The fourth-order valence-electron chi connectivity index (χ4n) is 1.37. The quantitative estimate of drug-likeness (QED) is 0.668. The summed E-state index contributed by atoms with van der Waals surface area (Å²) in [6.45, 7) is 2.16. The number of aromatic nitrogens is 1. The zero-order chi connectivity index (χ0) is 9.10. The number of halogens is 1. The molecule has 1 aliphatic rings. The summed E-state index contributed by atoms with van der Waals surface area (Å²) in [5, 5.41) is 0.579. The van der Waals surface area contributed by atoms with Gasteiger partial charge in [0.1, 0.15) is 11.0 Å². The van der Waals surface area contributed by atoms with Crippen molar-refractivity contribution in [3.63, 3.8) is 0 Å². The lowest BCUT2D eigenvalue weighted by molar-refractivity contribution is 0.839. The van der Waals surface area contributed by atoms with Crippen LogP contribution < -0.4 is 4.90 Å². The molecular weight excluding hydrogens is 204 g/mol. The Kier molecular flexibility index (Phi) is 2.96. The molecule has 1 aromatic rings. The van der Waals surface area contributed by atoms with Crippen LogP contribution in [0.3, 0.4) is 0 Å². The third-order valence-electron chi connectivity index (χ3n) is 2.04. The molecule has 0 radical (unpaired) electrons. The fraction of sp³-hybridized carbons (Fsp3) is 0.444. The van der Waals surface area contributed by atoms with Gasteiger partial charge in [0.05, 0.1) is 0 Å². The molecule has 1 fully saturated rings. The van der Waals surface area contributed by atoms with Gasteiger partial charge in [0.25, 0.3) is 0 Å². The first-order chi connectivity index (χ1) is 6.36. The highest BCUT2D eigenvalue weighted by Crippen LogP contribution is 2.18. The van der Waals surface area contributed by atoms with Crippen LogP contribution in [0.2, 0.25) is 5.15 Å². The van der Waals surface area contributed by atoms with E-state index in [9.17, 15) is 0 Å². The number of rotatable bonds is 1. The highest BCUT2D eigenvalue weighted by Gasteiger charge is 2.11. The molecule has 1 aliphatic heterocycles. The zero-order valence-electron chi connectivity index (χ0n) is 7.24. The first-order valence-electron chi connectivity index (χ1n) is 4.31. The largest absolute Gasteiger partial charge is 0.355 e. The average Bonchev–Trinajstić information content (AvgIpc) is 2.19. The summed E-state index contributed by atoms with van der Waals surface area (Å²) < 4.78 is 0. The predicted molar refractivity (Wildman–Crippen MR) is 58.8 cm³/mol. The summed E-state index contributed by atoms with van der Waals surface area (Å²) in [5.74, 6) is 3.38. The SMILES string of the molecule is Clc1cccc(N2CCSCC2)n1. The Bertz CT molecular complexity index is 287. The standard InChI is InChI=1S/C9H11ClN2S/c10-8-2-1-3-9(11-8)12-4-6-13-7-5-12/h1-3H,4-7H2. The highest BCUT2D eigenvalue weighted by molar-refractivity contribution is 7.99. The molecular formula is C9H11ClN2S. The first kappa shape index (κ1) is 9.16. The lowest BCUT2D eigenvalue weighted by Crippen LogP contribution is -2.32. The Morgan fingerprint density at radius 1 is 1.31 bits per heavy atom. The van der Waals surface area contributed by atoms with Crippen molar-refractivity contribution in [1.29, 1.82) is 0 Å². The van der Waals surface area contributed by atoms with Gasteiger partial charge in [0.15, 0.2) is 0 Å². The summed E-state index contributed by atoms with van der Waals surface area (Å²) >= 11 is 7.82. The molecule has 2 heterocycles. The van der Waals surface area contributed by atoms with Gasteiger partial charge in [-0.2, -0.15) is 11.8 Å². The topological polar surface area (TPSA) is 16.1 Å². The van der Waals surface area contributed by atoms with Crippen LogP contribution in [0.15, 0.2) is 18.2 Å². The van der Waals surface area contributed by atoms with Crippen molar-refractivity contribution in [2.24, 2.45) is 0 Å². The fourth-order valence-corrected chi connectivity index (χ4v) is 2.43. The molecule has 1 aromatic heterocycles. The minimum Gasteiger partial charge on any atom is -0.355 e. The van der Waals surface area contributed by atoms with E-state index in [0.717, 1.165) is 18.9 Å². The maximum atomic E-state index is 5.82. The van der Waals surface area contributed by atoms with Crippen molar-refractivity contribution >= 4 is 29.2 Å². The van der Waals surface area contributed by atoms with E-state index in [1.54, 1.807) is 0 Å². The lowest BCUT2D eigenvalue weighted by Gasteiger charge is -2.27. The summed E-state index contributed by atoms with van der Waals surface area (Å²) in [4.78, 5) is 6.56. The average molecular weight is 215 g/mol.